The van der Waals surface area contributed by atoms with Gasteiger partial charge < -0.3 is 9.84 Å². The normalized spacial score (nSPS) is 17.4. The number of ether oxygens (including phenoxy) is 1. The number of fused-ring (bicyclic) bond motifs is 1. The third-order valence-electron chi connectivity index (χ3n) is 7.30. The summed E-state index contributed by atoms with van der Waals surface area (Å²) in [6.45, 7) is 4.18. The number of benzene rings is 3. The summed E-state index contributed by atoms with van der Waals surface area (Å²) in [5.74, 6) is -0.980. The van der Waals surface area contributed by atoms with E-state index in [2.05, 4.69) is 17.0 Å². The van der Waals surface area contributed by atoms with Crippen LogP contribution in [0, 0.1) is 0 Å². The number of nitrogens with zero attached hydrogens (tertiary/aromatic N) is 3. The van der Waals surface area contributed by atoms with Crippen molar-refractivity contribution in [3.8, 4) is 5.69 Å². The highest BCUT2D eigenvalue weighted by atomic mass is 35.5. The van der Waals surface area contributed by atoms with Crippen LogP contribution in [-0.2, 0) is 16.8 Å². The van der Waals surface area contributed by atoms with Crippen LogP contribution in [0.15, 0.2) is 71.5 Å². The van der Waals surface area contributed by atoms with E-state index < -0.39 is 11.5 Å². The number of halogens is 1. The van der Waals surface area contributed by atoms with Crippen molar-refractivity contribution in [2.75, 3.05) is 26.3 Å². The summed E-state index contributed by atoms with van der Waals surface area (Å²) in [5, 5.41) is 10.1. The fraction of sp³-hybridized carbons (Fsp3) is 0.286. The molecule has 0 unspecified atom stereocenters. The second-order valence-corrected chi connectivity index (χ2v) is 10.00. The first-order valence-electron chi connectivity index (χ1n) is 12.1. The molecule has 0 bridgehead atoms. The monoisotopic (exact) mass is 503 g/mol. The number of aromatic nitrogens is 2. The van der Waals surface area contributed by atoms with Crippen LogP contribution in [-0.4, -0.2) is 51.4 Å². The molecule has 7 nitrogen and oxygen atoms in total. The van der Waals surface area contributed by atoms with Gasteiger partial charge in [0, 0.05) is 24.7 Å². The fourth-order valence-corrected chi connectivity index (χ4v) is 5.47. The average molecular weight is 504 g/mol. The van der Waals surface area contributed by atoms with E-state index in [-0.39, 0.29) is 11.3 Å². The lowest BCUT2D eigenvalue weighted by molar-refractivity contribution is 0.0342. The standard InChI is InChI=1S/C28H26ClN3O4/c29-22-6-9-24-25(17-22)31(23-7-4-19(5-8-23)18-30-12-14-36-15-13-30)27(35)32(24)28(10-11-28)21-3-1-2-20(16-21)26(33)34/h1-9,16-17H,10-15,18H2,(H,33,34). The van der Waals surface area contributed by atoms with E-state index in [1.165, 1.54) is 5.56 Å². The van der Waals surface area contributed by atoms with Gasteiger partial charge in [-0.15, -0.1) is 0 Å². The molecule has 1 aromatic heterocycles. The first-order valence-corrected chi connectivity index (χ1v) is 12.5. The Morgan fingerprint density at radius 1 is 0.972 bits per heavy atom. The smallest absolute Gasteiger partial charge is 0.335 e. The molecule has 4 aromatic rings. The number of carbonyl (C=O) groups is 1. The Bertz CT molecular complexity index is 1510. The summed E-state index contributed by atoms with van der Waals surface area (Å²) in [7, 11) is 0. The second kappa shape index (κ2) is 8.92. The van der Waals surface area contributed by atoms with Crippen molar-refractivity contribution in [2.24, 2.45) is 0 Å². The molecule has 1 aliphatic heterocycles. The molecule has 3 aromatic carbocycles. The zero-order valence-electron chi connectivity index (χ0n) is 19.7. The number of imidazole rings is 1. The van der Waals surface area contributed by atoms with Gasteiger partial charge in [0.2, 0.25) is 0 Å². The Balaban J connectivity index is 1.44. The lowest BCUT2D eigenvalue weighted by atomic mass is 10.0. The molecule has 0 spiro atoms. The Kier molecular flexibility index (Phi) is 5.71. The van der Waals surface area contributed by atoms with Gasteiger partial charge in [-0.2, -0.15) is 0 Å². The van der Waals surface area contributed by atoms with Gasteiger partial charge in [-0.05, 0) is 66.4 Å². The maximum Gasteiger partial charge on any atom is 0.335 e. The Labute approximate surface area is 213 Å². The number of hydrogen-bond acceptors (Lipinski definition) is 4. The highest BCUT2D eigenvalue weighted by Gasteiger charge is 2.49. The third-order valence-corrected chi connectivity index (χ3v) is 7.54. The van der Waals surface area contributed by atoms with Crippen LogP contribution in [0.5, 0.6) is 0 Å². The van der Waals surface area contributed by atoms with Crippen molar-refractivity contribution in [3.05, 3.63) is 98.9 Å². The van der Waals surface area contributed by atoms with Crippen molar-refractivity contribution >= 4 is 28.6 Å². The van der Waals surface area contributed by atoms with E-state index in [1.54, 1.807) is 28.8 Å². The van der Waals surface area contributed by atoms with Crippen LogP contribution >= 0.6 is 11.6 Å². The number of rotatable bonds is 6. The quantitative estimate of drug-likeness (QED) is 0.419. The Morgan fingerprint density at radius 2 is 1.72 bits per heavy atom. The predicted octanol–water partition coefficient (Wildman–Crippen LogP) is 4.51. The van der Waals surface area contributed by atoms with Crippen molar-refractivity contribution in [3.63, 3.8) is 0 Å². The Morgan fingerprint density at radius 3 is 2.42 bits per heavy atom. The van der Waals surface area contributed by atoms with E-state index in [4.69, 9.17) is 16.3 Å². The van der Waals surface area contributed by atoms with Gasteiger partial charge in [0.05, 0.1) is 41.0 Å². The van der Waals surface area contributed by atoms with Crippen molar-refractivity contribution in [2.45, 2.75) is 24.9 Å². The number of aromatic carboxylic acids is 1. The van der Waals surface area contributed by atoms with Crippen LogP contribution < -0.4 is 5.69 Å². The van der Waals surface area contributed by atoms with Gasteiger partial charge in [0.25, 0.3) is 0 Å². The maximum absolute atomic E-state index is 14.0. The van der Waals surface area contributed by atoms with Gasteiger partial charge in [0.1, 0.15) is 0 Å². The molecule has 6 rings (SSSR count). The molecular formula is C28H26ClN3O4. The van der Waals surface area contributed by atoms with E-state index >= 15 is 0 Å². The SMILES string of the molecule is O=C(O)c1cccc(C2(n3c(=O)n(-c4ccc(CN5CCOCC5)cc4)c4cc(Cl)ccc43)CC2)c1. The second-order valence-electron chi connectivity index (χ2n) is 9.56. The minimum Gasteiger partial charge on any atom is -0.478 e. The zero-order chi connectivity index (χ0) is 24.9. The lowest BCUT2D eigenvalue weighted by Gasteiger charge is -2.26. The summed E-state index contributed by atoms with van der Waals surface area (Å²) in [6.07, 6.45) is 1.52. The molecule has 2 aliphatic rings. The largest absolute Gasteiger partial charge is 0.478 e. The van der Waals surface area contributed by atoms with Crippen LogP contribution in [0.3, 0.4) is 0 Å². The van der Waals surface area contributed by atoms with Gasteiger partial charge >= 0.3 is 11.7 Å². The number of carboxylic acid groups (broad SMARTS) is 1. The molecule has 0 amide bonds. The highest BCUT2D eigenvalue weighted by molar-refractivity contribution is 6.31. The minimum absolute atomic E-state index is 0.161. The van der Waals surface area contributed by atoms with Crippen LogP contribution in [0.1, 0.15) is 34.3 Å². The minimum atomic E-state index is -0.980. The van der Waals surface area contributed by atoms with Crippen molar-refractivity contribution in [1.29, 1.82) is 0 Å². The third kappa shape index (κ3) is 3.93. The molecular weight excluding hydrogens is 478 g/mol. The summed E-state index contributed by atoms with van der Waals surface area (Å²) in [5.41, 5.74) is 3.77. The van der Waals surface area contributed by atoms with Crippen LogP contribution in [0.25, 0.3) is 16.7 Å². The molecule has 184 valence electrons. The van der Waals surface area contributed by atoms with E-state index in [0.717, 1.165) is 68.0 Å². The molecule has 1 N–H and O–H groups in total. The molecule has 2 fully saturated rings. The molecule has 36 heavy (non-hydrogen) atoms. The summed E-state index contributed by atoms with van der Waals surface area (Å²) < 4.78 is 8.97. The molecule has 1 saturated heterocycles. The number of carboxylic acids is 1. The van der Waals surface area contributed by atoms with Crippen molar-refractivity contribution in [1.82, 2.24) is 14.0 Å². The first kappa shape index (κ1) is 23.0. The lowest BCUT2D eigenvalue weighted by Crippen LogP contribution is -2.35. The van der Waals surface area contributed by atoms with Crippen molar-refractivity contribution < 1.29 is 14.6 Å². The summed E-state index contributed by atoms with van der Waals surface area (Å²) >= 11 is 6.37. The summed E-state index contributed by atoms with van der Waals surface area (Å²) in [6, 6.07) is 20.5. The number of hydrogen-bond donors (Lipinski definition) is 1. The van der Waals surface area contributed by atoms with Gasteiger partial charge in [-0.25, -0.2) is 9.59 Å². The van der Waals surface area contributed by atoms with Crippen LogP contribution in [0.4, 0.5) is 0 Å². The highest BCUT2D eigenvalue weighted by Crippen LogP contribution is 2.50. The molecule has 8 heteroatoms. The topological polar surface area (TPSA) is 76.7 Å². The molecule has 0 radical (unpaired) electrons. The zero-order valence-corrected chi connectivity index (χ0v) is 20.4. The van der Waals surface area contributed by atoms with Gasteiger partial charge in [-0.3, -0.25) is 14.0 Å². The first-order chi connectivity index (χ1) is 17.5. The number of morpholine rings is 1. The summed E-state index contributed by atoms with van der Waals surface area (Å²) in [4.78, 5) is 28.0. The predicted molar refractivity (Wildman–Crippen MR) is 138 cm³/mol. The molecule has 0 atom stereocenters. The van der Waals surface area contributed by atoms with E-state index in [9.17, 15) is 14.7 Å². The average Bonchev–Trinajstić information content (AvgIpc) is 3.63. The fourth-order valence-electron chi connectivity index (χ4n) is 5.30. The maximum atomic E-state index is 14.0. The molecule has 2 heterocycles. The van der Waals surface area contributed by atoms with Gasteiger partial charge in [0.15, 0.2) is 0 Å². The van der Waals surface area contributed by atoms with Gasteiger partial charge in [-0.1, -0.05) is 35.9 Å². The molecule has 1 aliphatic carbocycles. The Hall–Kier alpha value is -3.39. The van der Waals surface area contributed by atoms with E-state index in [0.29, 0.717) is 5.02 Å². The molecule has 1 saturated carbocycles. The van der Waals surface area contributed by atoms with Crippen LogP contribution in [0.2, 0.25) is 5.02 Å². The van der Waals surface area contributed by atoms with E-state index in [1.807, 2.05) is 34.9 Å².